The zero-order valence-electron chi connectivity index (χ0n) is 9.21. The highest BCUT2D eigenvalue weighted by atomic mass is 32.1. The first-order chi connectivity index (χ1) is 8.33. The monoisotopic (exact) mass is 243 g/mol. The van der Waals surface area contributed by atoms with Crippen LogP contribution in [0.25, 0.3) is 0 Å². The molecule has 0 saturated carbocycles. The SMILES string of the molecule is NNC(=S)N(c1ccccc1)c1ccccc1. The fourth-order valence-electron chi connectivity index (χ4n) is 1.60. The van der Waals surface area contributed by atoms with Gasteiger partial charge in [0, 0.05) is 11.4 Å². The van der Waals surface area contributed by atoms with Gasteiger partial charge in [-0.25, -0.2) is 5.84 Å². The van der Waals surface area contributed by atoms with Gasteiger partial charge in [-0.1, -0.05) is 36.4 Å². The maximum atomic E-state index is 5.41. The van der Waals surface area contributed by atoms with Gasteiger partial charge in [-0.3, -0.25) is 4.90 Å². The van der Waals surface area contributed by atoms with Crippen LogP contribution < -0.4 is 16.2 Å². The third-order valence-corrected chi connectivity index (χ3v) is 2.66. The third-order valence-electron chi connectivity index (χ3n) is 2.36. The van der Waals surface area contributed by atoms with Crippen LogP contribution in [0.2, 0.25) is 0 Å². The number of anilines is 2. The number of nitrogens with one attached hydrogen (secondary N) is 1. The molecule has 3 nitrogen and oxygen atoms in total. The van der Waals surface area contributed by atoms with Gasteiger partial charge in [0.15, 0.2) is 5.11 Å². The molecule has 86 valence electrons. The topological polar surface area (TPSA) is 41.3 Å². The van der Waals surface area contributed by atoms with Crippen molar-refractivity contribution in [1.29, 1.82) is 0 Å². The Balaban J connectivity index is 2.43. The molecule has 0 amide bonds. The van der Waals surface area contributed by atoms with Crippen LogP contribution in [0.3, 0.4) is 0 Å². The van der Waals surface area contributed by atoms with Crippen LogP contribution >= 0.6 is 12.2 Å². The molecule has 0 aliphatic heterocycles. The van der Waals surface area contributed by atoms with E-state index in [4.69, 9.17) is 18.1 Å². The van der Waals surface area contributed by atoms with E-state index in [2.05, 4.69) is 5.43 Å². The van der Waals surface area contributed by atoms with Gasteiger partial charge in [-0.15, -0.1) is 0 Å². The van der Waals surface area contributed by atoms with Crippen LogP contribution in [0.4, 0.5) is 11.4 Å². The second-order valence-corrected chi connectivity index (χ2v) is 3.84. The highest BCUT2D eigenvalue weighted by Crippen LogP contribution is 2.24. The first-order valence-electron chi connectivity index (χ1n) is 5.23. The minimum absolute atomic E-state index is 0.461. The van der Waals surface area contributed by atoms with E-state index in [1.54, 1.807) is 0 Å². The molecule has 0 aliphatic carbocycles. The maximum Gasteiger partial charge on any atom is 0.192 e. The lowest BCUT2D eigenvalue weighted by Crippen LogP contribution is -2.40. The second-order valence-electron chi connectivity index (χ2n) is 3.46. The van der Waals surface area contributed by atoms with Crippen molar-refractivity contribution in [2.45, 2.75) is 0 Å². The van der Waals surface area contributed by atoms with Gasteiger partial charge in [0.05, 0.1) is 0 Å². The van der Waals surface area contributed by atoms with E-state index < -0.39 is 0 Å². The molecule has 0 bridgehead atoms. The minimum atomic E-state index is 0.461. The van der Waals surface area contributed by atoms with Crippen molar-refractivity contribution in [3.63, 3.8) is 0 Å². The largest absolute Gasteiger partial charge is 0.300 e. The standard InChI is InChI=1S/C13H13N3S/c14-15-13(17)16(11-7-3-1-4-8-11)12-9-5-2-6-10-12/h1-10H,14H2,(H,15,17). The Kier molecular flexibility index (Phi) is 3.69. The van der Waals surface area contributed by atoms with E-state index >= 15 is 0 Å². The van der Waals surface area contributed by atoms with Crippen molar-refractivity contribution < 1.29 is 0 Å². The van der Waals surface area contributed by atoms with Crippen LogP contribution in [-0.2, 0) is 0 Å². The van der Waals surface area contributed by atoms with Gasteiger partial charge in [-0.05, 0) is 36.5 Å². The molecule has 0 fully saturated rings. The van der Waals surface area contributed by atoms with Crippen molar-refractivity contribution in [2.24, 2.45) is 5.84 Å². The number of hydrazine groups is 1. The normalized spacial score (nSPS) is 9.71. The summed E-state index contributed by atoms with van der Waals surface area (Å²) in [4.78, 5) is 1.88. The molecule has 0 saturated heterocycles. The van der Waals surface area contributed by atoms with E-state index in [1.165, 1.54) is 0 Å². The number of hydrogen-bond acceptors (Lipinski definition) is 2. The van der Waals surface area contributed by atoms with Crippen molar-refractivity contribution in [3.8, 4) is 0 Å². The van der Waals surface area contributed by atoms with E-state index in [0.29, 0.717) is 5.11 Å². The van der Waals surface area contributed by atoms with Crippen molar-refractivity contribution in [1.82, 2.24) is 5.43 Å². The molecule has 17 heavy (non-hydrogen) atoms. The lowest BCUT2D eigenvalue weighted by molar-refractivity contribution is 1.02. The van der Waals surface area contributed by atoms with Crippen LogP contribution in [0.15, 0.2) is 60.7 Å². The fourth-order valence-corrected chi connectivity index (χ4v) is 1.81. The molecule has 0 unspecified atom stereocenters. The number of para-hydroxylation sites is 2. The summed E-state index contributed by atoms with van der Waals surface area (Å²) >= 11 is 5.23. The third kappa shape index (κ3) is 2.61. The molecule has 0 spiro atoms. The highest BCUT2D eigenvalue weighted by molar-refractivity contribution is 7.80. The van der Waals surface area contributed by atoms with Crippen LogP contribution in [0, 0.1) is 0 Å². The fraction of sp³-hybridized carbons (Fsp3) is 0. The van der Waals surface area contributed by atoms with E-state index in [9.17, 15) is 0 Å². The molecule has 2 rings (SSSR count). The highest BCUT2D eigenvalue weighted by Gasteiger charge is 2.12. The Labute approximate surface area is 106 Å². The number of thiocarbonyl (C=S) groups is 1. The predicted octanol–water partition coefficient (Wildman–Crippen LogP) is 2.57. The molecule has 3 N–H and O–H groups in total. The minimum Gasteiger partial charge on any atom is -0.300 e. The summed E-state index contributed by atoms with van der Waals surface area (Å²) < 4.78 is 0. The zero-order chi connectivity index (χ0) is 12.1. The summed E-state index contributed by atoms with van der Waals surface area (Å²) in [5, 5.41) is 0.461. The first kappa shape index (κ1) is 11.6. The first-order valence-corrected chi connectivity index (χ1v) is 5.64. The average Bonchev–Trinajstić information content (AvgIpc) is 2.41. The summed E-state index contributed by atoms with van der Waals surface area (Å²) in [5.41, 5.74) is 4.47. The Hall–Kier alpha value is -1.91. The van der Waals surface area contributed by atoms with Gasteiger partial charge >= 0.3 is 0 Å². The summed E-state index contributed by atoms with van der Waals surface area (Å²) in [6, 6.07) is 19.7. The maximum absolute atomic E-state index is 5.41. The lowest BCUT2D eigenvalue weighted by atomic mass is 10.2. The summed E-state index contributed by atoms with van der Waals surface area (Å²) in [7, 11) is 0. The molecule has 0 aromatic heterocycles. The van der Waals surface area contributed by atoms with Gasteiger partial charge < -0.3 is 5.43 Å². The molecule has 2 aromatic rings. The summed E-state index contributed by atoms with van der Waals surface area (Å²) in [6.45, 7) is 0. The number of benzene rings is 2. The Morgan fingerprint density at radius 2 is 1.29 bits per heavy atom. The lowest BCUT2D eigenvalue weighted by Gasteiger charge is -2.24. The molecule has 0 heterocycles. The molecular formula is C13H13N3S. The number of hydrogen-bond donors (Lipinski definition) is 2. The average molecular weight is 243 g/mol. The van der Waals surface area contributed by atoms with E-state index in [-0.39, 0.29) is 0 Å². The smallest absolute Gasteiger partial charge is 0.192 e. The molecule has 0 radical (unpaired) electrons. The van der Waals surface area contributed by atoms with Gasteiger partial charge in [0.2, 0.25) is 0 Å². The number of nitrogens with two attached hydrogens (primary N) is 1. The molecule has 4 heteroatoms. The summed E-state index contributed by atoms with van der Waals surface area (Å²) in [5.74, 6) is 5.41. The second kappa shape index (κ2) is 5.43. The quantitative estimate of drug-likeness (QED) is 0.483. The van der Waals surface area contributed by atoms with Crippen molar-refractivity contribution in [2.75, 3.05) is 4.90 Å². The van der Waals surface area contributed by atoms with E-state index in [0.717, 1.165) is 11.4 Å². The zero-order valence-corrected chi connectivity index (χ0v) is 10.0. The van der Waals surface area contributed by atoms with Crippen LogP contribution in [0.1, 0.15) is 0 Å². The van der Waals surface area contributed by atoms with Gasteiger partial charge in [0.1, 0.15) is 0 Å². The predicted molar refractivity (Wildman–Crippen MR) is 74.9 cm³/mol. The Morgan fingerprint density at radius 3 is 1.65 bits per heavy atom. The van der Waals surface area contributed by atoms with Crippen molar-refractivity contribution >= 4 is 28.7 Å². The van der Waals surface area contributed by atoms with Gasteiger partial charge in [0.25, 0.3) is 0 Å². The van der Waals surface area contributed by atoms with Crippen molar-refractivity contribution in [3.05, 3.63) is 60.7 Å². The number of nitrogens with zero attached hydrogens (tertiary/aromatic N) is 1. The van der Waals surface area contributed by atoms with E-state index in [1.807, 2.05) is 65.6 Å². The Morgan fingerprint density at radius 1 is 0.882 bits per heavy atom. The van der Waals surface area contributed by atoms with Crippen LogP contribution in [0.5, 0.6) is 0 Å². The molecule has 0 aliphatic rings. The van der Waals surface area contributed by atoms with Gasteiger partial charge in [-0.2, -0.15) is 0 Å². The summed E-state index contributed by atoms with van der Waals surface area (Å²) in [6.07, 6.45) is 0. The Bertz CT molecular complexity index is 445. The molecular weight excluding hydrogens is 230 g/mol. The molecule has 2 aromatic carbocycles. The van der Waals surface area contributed by atoms with Crippen LogP contribution in [-0.4, -0.2) is 5.11 Å². The molecule has 0 atom stereocenters. The number of rotatable bonds is 2.